The number of carbonyl (C=O) groups excluding carboxylic acids is 1. The molecule has 112 valence electrons. The molecule has 0 bridgehead atoms. The second-order valence-electron chi connectivity index (χ2n) is 5.19. The number of anilines is 2. The van der Waals surface area contributed by atoms with E-state index in [-0.39, 0.29) is 0 Å². The van der Waals surface area contributed by atoms with E-state index in [4.69, 9.17) is 0 Å². The lowest BCUT2D eigenvalue weighted by Gasteiger charge is -2.21. The van der Waals surface area contributed by atoms with Crippen LogP contribution in [0.25, 0.3) is 0 Å². The molecule has 0 aliphatic heterocycles. The minimum absolute atomic E-state index is 0.450. The molecule has 2 N–H and O–H groups in total. The van der Waals surface area contributed by atoms with Crippen molar-refractivity contribution in [3.63, 3.8) is 0 Å². The number of rotatable bonds is 7. The summed E-state index contributed by atoms with van der Waals surface area (Å²) in [4.78, 5) is 11.1. The summed E-state index contributed by atoms with van der Waals surface area (Å²) in [5.41, 5.74) is 1.81. The molecule has 2 unspecified atom stereocenters. The number of carbonyl (C=O) groups is 1. The van der Waals surface area contributed by atoms with Gasteiger partial charge in [0.1, 0.15) is 0 Å². The van der Waals surface area contributed by atoms with Gasteiger partial charge in [0.05, 0.1) is 7.11 Å². The minimum Gasteiger partial charge on any atom is -0.453 e. The van der Waals surface area contributed by atoms with E-state index in [9.17, 15) is 4.79 Å². The number of nitrogens with one attached hydrogen (secondary N) is 2. The Morgan fingerprint density at radius 3 is 2.25 bits per heavy atom. The average Bonchev–Trinajstić information content (AvgIpc) is 2.48. The van der Waals surface area contributed by atoms with Gasteiger partial charge in [-0.3, -0.25) is 5.32 Å². The molecule has 4 heteroatoms. The molecule has 4 nitrogen and oxygen atoms in total. The zero-order valence-corrected chi connectivity index (χ0v) is 12.9. The van der Waals surface area contributed by atoms with E-state index in [1.165, 1.54) is 20.0 Å². The molecular weight excluding hydrogens is 252 g/mol. The van der Waals surface area contributed by atoms with Crippen molar-refractivity contribution in [2.75, 3.05) is 17.7 Å². The van der Waals surface area contributed by atoms with Crippen LogP contribution in [-0.4, -0.2) is 19.2 Å². The SMILES string of the molecule is CCC(C)CC(CC)Nc1ccc(NC(=O)OC)cc1. The maximum absolute atomic E-state index is 11.1. The van der Waals surface area contributed by atoms with E-state index in [2.05, 4.69) is 36.1 Å². The zero-order valence-electron chi connectivity index (χ0n) is 12.9. The van der Waals surface area contributed by atoms with Crippen LogP contribution in [0.5, 0.6) is 0 Å². The Bertz CT molecular complexity index is 403. The Labute approximate surface area is 121 Å². The van der Waals surface area contributed by atoms with E-state index in [1.807, 2.05) is 24.3 Å². The number of hydrogen-bond acceptors (Lipinski definition) is 3. The molecule has 2 atom stereocenters. The number of amides is 1. The summed E-state index contributed by atoms with van der Waals surface area (Å²) < 4.78 is 4.56. The van der Waals surface area contributed by atoms with Gasteiger partial charge in [-0.2, -0.15) is 0 Å². The zero-order chi connectivity index (χ0) is 15.0. The first-order valence-corrected chi connectivity index (χ1v) is 7.30. The lowest BCUT2D eigenvalue weighted by molar-refractivity contribution is 0.187. The molecule has 0 saturated carbocycles. The first kappa shape index (κ1) is 16.3. The van der Waals surface area contributed by atoms with Gasteiger partial charge in [-0.25, -0.2) is 4.79 Å². The fourth-order valence-corrected chi connectivity index (χ4v) is 2.03. The Morgan fingerprint density at radius 1 is 1.15 bits per heavy atom. The quantitative estimate of drug-likeness (QED) is 0.772. The molecule has 1 aromatic rings. The Hall–Kier alpha value is -1.71. The van der Waals surface area contributed by atoms with Gasteiger partial charge in [0, 0.05) is 17.4 Å². The normalized spacial score (nSPS) is 13.4. The van der Waals surface area contributed by atoms with Crippen LogP contribution in [0.2, 0.25) is 0 Å². The third kappa shape index (κ3) is 5.51. The minimum atomic E-state index is -0.450. The lowest BCUT2D eigenvalue weighted by atomic mass is 9.97. The van der Waals surface area contributed by atoms with Crippen LogP contribution in [0.1, 0.15) is 40.0 Å². The lowest BCUT2D eigenvalue weighted by Crippen LogP contribution is -2.21. The van der Waals surface area contributed by atoms with Gasteiger partial charge in [-0.1, -0.05) is 27.2 Å². The highest BCUT2D eigenvalue weighted by molar-refractivity contribution is 5.84. The first-order chi connectivity index (χ1) is 9.58. The smallest absolute Gasteiger partial charge is 0.411 e. The number of ether oxygens (including phenoxy) is 1. The van der Waals surface area contributed by atoms with Crippen LogP contribution >= 0.6 is 0 Å². The highest BCUT2D eigenvalue weighted by atomic mass is 16.5. The van der Waals surface area contributed by atoms with E-state index in [1.54, 1.807) is 0 Å². The summed E-state index contributed by atoms with van der Waals surface area (Å²) in [6, 6.07) is 8.18. The largest absolute Gasteiger partial charge is 0.453 e. The summed E-state index contributed by atoms with van der Waals surface area (Å²) in [6.07, 6.45) is 3.04. The van der Waals surface area contributed by atoms with Gasteiger partial charge in [-0.15, -0.1) is 0 Å². The molecule has 0 radical (unpaired) electrons. The van der Waals surface area contributed by atoms with E-state index >= 15 is 0 Å². The number of hydrogen-bond donors (Lipinski definition) is 2. The van der Waals surface area contributed by atoms with Crippen molar-refractivity contribution in [1.29, 1.82) is 0 Å². The fourth-order valence-electron chi connectivity index (χ4n) is 2.03. The molecule has 0 aromatic heterocycles. The molecule has 1 rings (SSSR count). The average molecular weight is 278 g/mol. The van der Waals surface area contributed by atoms with Crippen LogP contribution in [0, 0.1) is 5.92 Å². The third-order valence-electron chi connectivity index (χ3n) is 3.56. The summed E-state index contributed by atoms with van der Waals surface area (Å²) in [5, 5.41) is 6.18. The van der Waals surface area contributed by atoms with Crippen LogP contribution in [-0.2, 0) is 4.74 Å². The van der Waals surface area contributed by atoms with Gasteiger partial charge in [0.2, 0.25) is 0 Å². The van der Waals surface area contributed by atoms with Crippen molar-refractivity contribution < 1.29 is 9.53 Å². The van der Waals surface area contributed by atoms with Gasteiger partial charge in [0.15, 0.2) is 0 Å². The van der Waals surface area contributed by atoms with Gasteiger partial charge < -0.3 is 10.1 Å². The molecular formula is C16H26N2O2. The van der Waals surface area contributed by atoms with Crippen LogP contribution in [0.3, 0.4) is 0 Å². The molecule has 0 fully saturated rings. The van der Waals surface area contributed by atoms with Crippen LogP contribution < -0.4 is 10.6 Å². The molecule has 1 aromatic carbocycles. The van der Waals surface area contributed by atoms with Crippen molar-refractivity contribution in [2.24, 2.45) is 5.92 Å². The second-order valence-corrected chi connectivity index (χ2v) is 5.19. The maximum Gasteiger partial charge on any atom is 0.411 e. The molecule has 0 aliphatic carbocycles. The molecule has 0 saturated heterocycles. The first-order valence-electron chi connectivity index (χ1n) is 7.30. The highest BCUT2D eigenvalue weighted by Gasteiger charge is 2.10. The summed E-state index contributed by atoms with van der Waals surface area (Å²) in [5.74, 6) is 0.729. The Balaban J connectivity index is 2.57. The van der Waals surface area contributed by atoms with Crippen molar-refractivity contribution >= 4 is 17.5 Å². The molecule has 20 heavy (non-hydrogen) atoms. The predicted octanol–water partition coefficient (Wildman–Crippen LogP) is 4.49. The van der Waals surface area contributed by atoms with Crippen LogP contribution in [0.15, 0.2) is 24.3 Å². The Kier molecular flexibility index (Phi) is 6.91. The topological polar surface area (TPSA) is 50.4 Å². The number of methoxy groups -OCH3 is 1. The summed E-state index contributed by atoms with van der Waals surface area (Å²) >= 11 is 0. The van der Waals surface area contributed by atoms with Crippen molar-refractivity contribution in [3.05, 3.63) is 24.3 Å². The standard InChI is InChI=1S/C16H26N2O2/c1-5-12(3)11-13(6-2)17-14-7-9-15(10-8-14)18-16(19)20-4/h7-10,12-13,17H,5-6,11H2,1-4H3,(H,18,19). The molecule has 0 heterocycles. The Morgan fingerprint density at radius 2 is 1.75 bits per heavy atom. The molecule has 0 aliphatic rings. The van der Waals surface area contributed by atoms with Crippen molar-refractivity contribution in [3.8, 4) is 0 Å². The molecule has 1 amide bonds. The van der Waals surface area contributed by atoms with E-state index in [0.29, 0.717) is 6.04 Å². The second kappa shape index (κ2) is 8.46. The monoisotopic (exact) mass is 278 g/mol. The van der Waals surface area contributed by atoms with Gasteiger partial charge in [-0.05, 0) is 43.0 Å². The predicted molar refractivity (Wildman–Crippen MR) is 84.2 cm³/mol. The van der Waals surface area contributed by atoms with Gasteiger partial charge in [0.25, 0.3) is 0 Å². The van der Waals surface area contributed by atoms with E-state index < -0.39 is 6.09 Å². The number of benzene rings is 1. The van der Waals surface area contributed by atoms with Crippen molar-refractivity contribution in [2.45, 2.75) is 46.1 Å². The van der Waals surface area contributed by atoms with Gasteiger partial charge >= 0.3 is 6.09 Å². The highest BCUT2D eigenvalue weighted by Crippen LogP contribution is 2.19. The summed E-state index contributed by atoms with van der Waals surface area (Å²) in [6.45, 7) is 6.71. The summed E-state index contributed by atoms with van der Waals surface area (Å²) in [7, 11) is 1.35. The van der Waals surface area contributed by atoms with Crippen LogP contribution in [0.4, 0.5) is 16.2 Å². The third-order valence-corrected chi connectivity index (χ3v) is 3.56. The molecule has 0 spiro atoms. The van der Waals surface area contributed by atoms with Crippen molar-refractivity contribution in [1.82, 2.24) is 0 Å². The fraction of sp³-hybridized carbons (Fsp3) is 0.562. The maximum atomic E-state index is 11.1. The van der Waals surface area contributed by atoms with E-state index in [0.717, 1.165) is 23.7 Å².